The summed E-state index contributed by atoms with van der Waals surface area (Å²) in [5, 5.41) is 3.29. The van der Waals surface area contributed by atoms with Crippen molar-refractivity contribution in [3.05, 3.63) is 97.8 Å². The molecule has 0 saturated heterocycles. The summed E-state index contributed by atoms with van der Waals surface area (Å²) in [4.78, 5) is 27.4. The average Bonchev–Trinajstić information content (AvgIpc) is 2.81. The maximum absolute atomic E-state index is 13.9. The highest BCUT2D eigenvalue weighted by Gasteiger charge is 2.34. The molecule has 1 aliphatic rings. The Morgan fingerprint density at radius 3 is 2.53 bits per heavy atom. The number of rotatable bonds is 4. The molecule has 188 valence electrons. The van der Waals surface area contributed by atoms with Crippen LogP contribution >= 0.6 is 23.2 Å². The summed E-state index contributed by atoms with van der Waals surface area (Å²) in [5.74, 6) is -2.18. The molecule has 0 unspecified atom stereocenters. The molecule has 0 radical (unpaired) electrons. The van der Waals surface area contributed by atoms with Crippen molar-refractivity contribution < 1.29 is 27.2 Å². The second-order valence-corrected chi connectivity index (χ2v) is 9.30. The zero-order valence-electron chi connectivity index (χ0n) is 19.0. The molecular weight excluding hydrogens is 519 g/mol. The zero-order valence-corrected chi connectivity index (χ0v) is 20.5. The molecule has 0 fully saturated rings. The normalized spacial score (nSPS) is 13.4. The largest absolute Gasteiger partial charge is 0.419 e. The van der Waals surface area contributed by atoms with Gasteiger partial charge in [0.15, 0.2) is 0 Å². The Morgan fingerprint density at radius 1 is 1.08 bits per heavy atom. The number of amides is 2. The smallest absolute Gasteiger partial charge is 0.334 e. The van der Waals surface area contributed by atoms with Crippen LogP contribution in [0.5, 0.6) is 0 Å². The summed E-state index contributed by atoms with van der Waals surface area (Å²) < 4.78 is 52.3. The van der Waals surface area contributed by atoms with Crippen LogP contribution in [0.1, 0.15) is 38.2 Å². The SMILES string of the molecule is Cc1ccc2c(c1NC(=O)Cc1ccc(C(F)(F)F)c(F)c1)CCN(C(=O)c1cccc(Cl)c1Cl)C2. The molecule has 2 amide bonds. The maximum atomic E-state index is 13.9. The molecule has 0 bridgehead atoms. The summed E-state index contributed by atoms with van der Waals surface area (Å²) in [6, 6.07) is 11.0. The lowest BCUT2D eigenvalue weighted by atomic mass is 9.94. The van der Waals surface area contributed by atoms with Crippen molar-refractivity contribution >= 4 is 40.7 Å². The van der Waals surface area contributed by atoms with Gasteiger partial charge >= 0.3 is 6.18 Å². The highest BCUT2D eigenvalue weighted by molar-refractivity contribution is 6.43. The number of carbonyl (C=O) groups excluding carboxylic acids is 2. The molecule has 0 aliphatic carbocycles. The number of benzene rings is 3. The predicted molar refractivity (Wildman–Crippen MR) is 130 cm³/mol. The summed E-state index contributed by atoms with van der Waals surface area (Å²) in [5.41, 5.74) is 2.12. The van der Waals surface area contributed by atoms with Crippen LogP contribution < -0.4 is 5.32 Å². The lowest BCUT2D eigenvalue weighted by Gasteiger charge is -2.31. The molecule has 4 nitrogen and oxygen atoms in total. The zero-order chi connectivity index (χ0) is 26.2. The highest BCUT2D eigenvalue weighted by Crippen LogP contribution is 2.33. The van der Waals surface area contributed by atoms with E-state index in [4.69, 9.17) is 23.2 Å². The molecular formula is C26H20Cl2F4N2O2. The minimum atomic E-state index is -4.81. The second-order valence-electron chi connectivity index (χ2n) is 8.51. The van der Waals surface area contributed by atoms with Crippen LogP contribution in [0.2, 0.25) is 10.0 Å². The first kappa shape index (κ1) is 26.0. The number of nitrogens with zero attached hydrogens (tertiary/aromatic N) is 1. The number of hydrogen-bond acceptors (Lipinski definition) is 2. The van der Waals surface area contributed by atoms with Gasteiger partial charge in [-0.3, -0.25) is 9.59 Å². The Labute approximate surface area is 214 Å². The molecule has 1 N–H and O–H groups in total. The van der Waals surface area contributed by atoms with E-state index in [1.54, 1.807) is 23.1 Å². The van der Waals surface area contributed by atoms with Gasteiger partial charge in [-0.15, -0.1) is 0 Å². The number of nitrogens with one attached hydrogen (secondary N) is 1. The van der Waals surface area contributed by atoms with Gasteiger partial charge in [-0.25, -0.2) is 4.39 Å². The summed E-state index contributed by atoms with van der Waals surface area (Å²) in [7, 11) is 0. The number of anilines is 1. The summed E-state index contributed by atoms with van der Waals surface area (Å²) >= 11 is 12.3. The molecule has 0 aromatic heterocycles. The molecule has 3 aromatic carbocycles. The maximum Gasteiger partial charge on any atom is 0.419 e. The Morgan fingerprint density at radius 2 is 1.83 bits per heavy atom. The first-order chi connectivity index (χ1) is 17.0. The third-order valence-corrected chi connectivity index (χ3v) is 6.87. The molecule has 4 rings (SSSR count). The van der Waals surface area contributed by atoms with Crippen molar-refractivity contribution in [1.82, 2.24) is 4.90 Å². The minimum Gasteiger partial charge on any atom is -0.334 e. The highest BCUT2D eigenvalue weighted by atomic mass is 35.5. The molecule has 0 atom stereocenters. The van der Waals surface area contributed by atoms with Crippen molar-refractivity contribution in [2.45, 2.75) is 32.5 Å². The molecule has 0 spiro atoms. The quantitative estimate of drug-likeness (QED) is 0.369. The van der Waals surface area contributed by atoms with Crippen LogP contribution in [0.3, 0.4) is 0 Å². The lowest BCUT2D eigenvalue weighted by Crippen LogP contribution is -2.36. The fourth-order valence-electron chi connectivity index (χ4n) is 4.23. The van der Waals surface area contributed by atoms with Crippen LogP contribution in [-0.2, 0) is 30.4 Å². The fraction of sp³-hybridized carbons (Fsp3) is 0.231. The van der Waals surface area contributed by atoms with E-state index in [0.29, 0.717) is 36.8 Å². The first-order valence-electron chi connectivity index (χ1n) is 11.0. The van der Waals surface area contributed by atoms with Gasteiger partial charge < -0.3 is 10.2 Å². The fourth-order valence-corrected chi connectivity index (χ4v) is 4.61. The van der Waals surface area contributed by atoms with E-state index in [0.717, 1.165) is 28.8 Å². The second kappa shape index (κ2) is 10.1. The van der Waals surface area contributed by atoms with Crippen LogP contribution in [0.4, 0.5) is 23.2 Å². The Balaban J connectivity index is 1.51. The van der Waals surface area contributed by atoms with E-state index in [2.05, 4.69) is 5.32 Å². The molecule has 1 aliphatic heterocycles. The number of aryl methyl sites for hydroxylation is 1. The molecule has 3 aromatic rings. The average molecular weight is 539 g/mol. The van der Waals surface area contributed by atoms with Crippen LogP contribution in [-0.4, -0.2) is 23.3 Å². The van der Waals surface area contributed by atoms with E-state index in [-0.39, 0.29) is 27.9 Å². The summed E-state index contributed by atoms with van der Waals surface area (Å²) in [6.07, 6.45) is -4.64. The monoisotopic (exact) mass is 538 g/mol. The molecule has 36 heavy (non-hydrogen) atoms. The van der Waals surface area contributed by atoms with Gasteiger partial charge in [0.2, 0.25) is 5.91 Å². The topological polar surface area (TPSA) is 49.4 Å². The van der Waals surface area contributed by atoms with E-state index >= 15 is 0 Å². The van der Waals surface area contributed by atoms with Gasteiger partial charge in [-0.2, -0.15) is 13.2 Å². The minimum absolute atomic E-state index is 0.121. The van der Waals surface area contributed by atoms with Gasteiger partial charge in [-0.05, 0) is 59.9 Å². The number of halogens is 6. The van der Waals surface area contributed by atoms with E-state index < -0.39 is 23.5 Å². The van der Waals surface area contributed by atoms with Crippen molar-refractivity contribution in [1.29, 1.82) is 0 Å². The van der Waals surface area contributed by atoms with Crippen LogP contribution in [0.15, 0.2) is 48.5 Å². The Kier molecular flexibility index (Phi) is 7.29. The number of hydrogen-bond donors (Lipinski definition) is 1. The number of fused-ring (bicyclic) bond motifs is 1. The van der Waals surface area contributed by atoms with E-state index in [9.17, 15) is 27.2 Å². The van der Waals surface area contributed by atoms with Gasteiger partial charge in [-0.1, -0.05) is 47.5 Å². The molecule has 10 heteroatoms. The Bertz CT molecular complexity index is 1360. The van der Waals surface area contributed by atoms with Gasteiger partial charge in [0.05, 0.1) is 27.6 Å². The third kappa shape index (κ3) is 5.34. The number of carbonyl (C=O) groups is 2. The van der Waals surface area contributed by atoms with Crippen molar-refractivity contribution in [3.63, 3.8) is 0 Å². The van der Waals surface area contributed by atoms with Gasteiger partial charge in [0.1, 0.15) is 5.82 Å². The predicted octanol–water partition coefficient (Wildman–Crippen LogP) is 6.84. The standard InChI is InChI=1S/C26H20Cl2F4N2O2/c1-14-5-7-16-13-34(25(36)18-3-2-4-20(27)23(18)28)10-9-17(16)24(14)33-22(35)12-15-6-8-19(21(29)11-15)26(30,31)32/h2-8,11H,9-10,12-13H2,1H3,(H,33,35). The first-order valence-corrected chi connectivity index (χ1v) is 11.7. The van der Waals surface area contributed by atoms with E-state index in [1.165, 1.54) is 0 Å². The van der Waals surface area contributed by atoms with Crippen LogP contribution in [0.25, 0.3) is 0 Å². The Hall–Kier alpha value is -3.10. The lowest BCUT2D eigenvalue weighted by molar-refractivity contribution is -0.140. The third-order valence-electron chi connectivity index (χ3n) is 6.05. The molecule has 0 saturated carbocycles. The number of alkyl halides is 3. The van der Waals surface area contributed by atoms with Crippen molar-refractivity contribution in [2.75, 3.05) is 11.9 Å². The van der Waals surface area contributed by atoms with Gasteiger partial charge in [0.25, 0.3) is 5.91 Å². The van der Waals surface area contributed by atoms with E-state index in [1.807, 2.05) is 19.1 Å². The van der Waals surface area contributed by atoms with Crippen LogP contribution in [0, 0.1) is 12.7 Å². The van der Waals surface area contributed by atoms with Crippen molar-refractivity contribution in [2.24, 2.45) is 0 Å². The molecule has 1 heterocycles. The summed E-state index contributed by atoms with van der Waals surface area (Å²) in [6.45, 7) is 2.49. The van der Waals surface area contributed by atoms with Crippen molar-refractivity contribution in [3.8, 4) is 0 Å². The van der Waals surface area contributed by atoms with Gasteiger partial charge in [0, 0.05) is 18.8 Å².